The van der Waals surface area contributed by atoms with E-state index in [-0.39, 0.29) is 17.7 Å². The van der Waals surface area contributed by atoms with Crippen LogP contribution in [0.15, 0.2) is 22.4 Å². The summed E-state index contributed by atoms with van der Waals surface area (Å²) in [6, 6.07) is 3.82. The monoisotopic (exact) mass is 428 g/mol. The van der Waals surface area contributed by atoms with Crippen LogP contribution in [0.2, 0.25) is 0 Å². The molecular weight excluding hydrogens is 412 g/mol. The molecule has 0 spiro atoms. The number of nitrogens with zero attached hydrogens (tertiary/aromatic N) is 3. The zero-order valence-electron chi connectivity index (χ0n) is 14.8. The number of thioether (sulfide) groups is 1. The van der Waals surface area contributed by atoms with Crippen molar-refractivity contribution in [1.29, 1.82) is 0 Å². The topological polar surface area (TPSA) is 89.2 Å². The molecule has 2 aliphatic rings. The number of aryl methyl sites for hydroxylation is 2. The number of imide groups is 1. The molecular formula is C19H16N4O2S3. The van der Waals surface area contributed by atoms with Crippen LogP contribution in [0.25, 0.3) is 16.3 Å². The molecule has 0 aromatic carbocycles. The number of carbonyl (C=O) groups excluding carboxylic acids is 2. The van der Waals surface area contributed by atoms with Crippen LogP contribution >= 0.6 is 34.4 Å². The molecule has 0 atom stereocenters. The molecule has 5 rings (SSSR count). The molecule has 0 unspecified atom stereocenters. The standard InChI is InChI=1S/C19H16N4O2S3/c20-16-15-11-5-1-2-6-12(11)27-17(15)22-14(21-16)9-23-18(24)13(28-19(23)25)8-10-4-3-7-26-10/h3-4,7-8H,1-2,5-6,9H2,(H2,20,21,22)/b13-8-. The highest BCUT2D eigenvalue weighted by Crippen LogP contribution is 2.38. The van der Waals surface area contributed by atoms with Gasteiger partial charge in [-0.2, -0.15) is 0 Å². The Bertz CT molecular complexity index is 1130. The predicted octanol–water partition coefficient (Wildman–Crippen LogP) is 4.45. The number of nitrogen functional groups attached to an aromatic ring is 1. The first-order chi connectivity index (χ1) is 13.6. The summed E-state index contributed by atoms with van der Waals surface area (Å²) in [6.07, 6.45) is 6.17. The number of amides is 2. The summed E-state index contributed by atoms with van der Waals surface area (Å²) in [5, 5.41) is 2.58. The van der Waals surface area contributed by atoms with E-state index in [9.17, 15) is 9.59 Å². The lowest BCUT2D eigenvalue weighted by molar-refractivity contribution is -0.123. The van der Waals surface area contributed by atoms with E-state index in [0.29, 0.717) is 16.5 Å². The van der Waals surface area contributed by atoms with Crippen molar-refractivity contribution in [2.24, 2.45) is 0 Å². The van der Waals surface area contributed by atoms with Crippen molar-refractivity contribution in [2.45, 2.75) is 32.2 Å². The first-order valence-corrected chi connectivity index (χ1v) is 11.5. The van der Waals surface area contributed by atoms with Gasteiger partial charge in [0.2, 0.25) is 0 Å². The van der Waals surface area contributed by atoms with Crippen molar-refractivity contribution in [1.82, 2.24) is 14.9 Å². The van der Waals surface area contributed by atoms with E-state index in [1.807, 2.05) is 17.5 Å². The summed E-state index contributed by atoms with van der Waals surface area (Å²) in [7, 11) is 0. The molecule has 3 aromatic heterocycles. The highest BCUT2D eigenvalue weighted by molar-refractivity contribution is 8.18. The van der Waals surface area contributed by atoms with Gasteiger partial charge in [0.25, 0.3) is 11.1 Å². The van der Waals surface area contributed by atoms with Gasteiger partial charge in [0.1, 0.15) is 10.6 Å². The lowest BCUT2D eigenvalue weighted by Crippen LogP contribution is -2.28. The lowest BCUT2D eigenvalue weighted by atomic mass is 9.97. The summed E-state index contributed by atoms with van der Waals surface area (Å²) in [5.41, 5.74) is 7.52. The first kappa shape index (κ1) is 17.8. The second-order valence-corrected chi connectivity index (χ2v) is 9.76. The molecule has 1 fully saturated rings. The van der Waals surface area contributed by atoms with Crippen LogP contribution in [0.4, 0.5) is 10.6 Å². The maximum absolute atomic E-state index is 12.7. The number of fused-ring (bicyclic) bond motifs is 3. The second-order valence-electron chi connectivity index (χ2n) is 6.70. The number of rotatable bonds is 3. The SMILES string of the molecule is Nc1nc(CN2C(=O)S/C(=C\c3cccs3)C2=O)nc2sc3c(c12)CCCC3. The summed E-state index contributed by atoms with van der Waals surface area (Å²) in [5.74, 6) is 0.542. The molecule has 0 bridgehead atoms. The van der Waals surface area contributed by atoms with Crippen LogP contribution in [-0.2, 0) is 24.2 Å². The van der Waals surface area contributed by atoms with E-state index < -0.39 is 0 Å². The number of thiophene rings is 2. The molecule has 142 valence electrons. The quantitative estimate of drug-likeness (QED) is 0.620. The third kappa shape index (κ3) is 3.03. The van der Waals surface area contributed by atoms with Gasteiger partial charge in [-0.3, -0.25) is 14.5 Å². The van der Waals surface area contributed by atoms with Crippen LogP contribution in [0, 0.1) is 0 Å². The molecule has 0 saturated carbocycles. The highest BCUT2D eigenvalue weighted by Gasteiger charge is 2.36. The number of carbonyl (C=O) groups is 2. The maximum Gasteiger partial charge on any atom is 0.293 e. The Morgan fingerprint density at radius 1 is 1.21 bits per heavy atom. The average molecular weight is 429 g/mol. The maximum atomic E-state index is 12.7. The fourth-order valence-electron chi connectivity index (χ4n) is 3.58. The molecule has 0 radical (unpaired) electrons. The minimum Gasteiger partial charge on any atom is -0.383 e. The van der Waals surface area contributed by atoms with Crippen LogP contribution in [0.5, 0.6) is 0 Å². The Labute approximate surface area is 173 Å². The fraction of sp³-hybridized carbons (Fsp3) is 0.263. The van der Waals surface area contributed by atoms with Gasteiger partial charge in [-0.25, -0.2) is 9.97 Å². The van der Waals surface area contributed by atoms with Crippen molar-refractivity contribution >= 4 is 67.7 Å². The fourth-order valence-corrected chi connectivity index (χ4v) is 6.43. The van der Waals surface area contributed by atoms with Gasteiger partial charge >= 0.3 is 0 Å². The summed E-state index contributed by atoms with van der Waals surface area (Å²) in [6.45, 7) is 0.0369. The van der Waals surface area contributed by atoms with Gasteiger partial charge in [-0.1, -0.05) is 6.07 Å². The molecule has 1 saturated heterocycles. The molecule has 4 heterocycles. The zero-order chi connectivity index (χ0) is 19.3. The Hall–Kier alpha value is -2.23. The third-order valence-electron chi connectivity index (χ3n) is 4.88. The predicted molar refractivity (Wildman–Crippen MR) is 114 cm³/mol. The van der Waals surface area contributed by atoms with Crippen molar-refractivity contribution in [3.63, 3.8) is 0 Å². The molecule has 1 aliphatic heterocycles. The Balaban J connectivity index is 1.45. The normalized spacial score (nSPS) is 18.4. The number of anilines is 1. The van der Waals surface area contributed by atoms with Gasteiger partial charge < -0.3 is 5.73 Å². The van der Waals surface area contributed by atoms with Crippen molar-refractivity contribution in [3.8, 4) is 0 Å². The van der Waals surface area contributed by atoms with E-state index in [1.54, 1.807) is 17.4 Å². The molecule has 2 amide bonds. The van der Waals surface area contributed by atoms with Gasteiger partial charge in [0.15, 0.2) is 5.82 Å². The van der Waals surface area contributed by atoms with E-state index in [0.717, 1.165) is 46.1 Å². The second kappa shape index (κ2) is 6.98. The summed E-state index contributed by atoms with van der Waals surface area (Å²) in [4.78, 5) is 38.9. The van der Waals surface area contributed by atoms with Gasteiger partial charge in [-0.05, 0) is 60.5 Å². The van der Waals surface area contributed by atoms with Gasteiger partial charge in [0.05, 0.1) is 16.8 Å². The van der Waals surface area contributed by atoms with E-state index in [4.69, 9.17) is 5.73 Å². The van der Waals surface area contributed by atoms with Crippen molar-refractivity contribution in [3.05, 3.63) is 43.6 Å². The minimum atomic E-state index is -0.309. The third-order valence-corrected chi connectivity index (χ3v) is 7.79. The van der Waals surface area contributed by atoms with Crippen molar-refractivity contribution in [2.75, 3.05) is 5.73 Å². The zero-order valence-corrected chi connectivity index (χ0v) is 17.3. The largest absolute Gasteiger partial charge is 0.383 e. The smallest absolute Gasteiger partial charge is 0.293 e. The molecule has 6 nitrogen and oxygen atoms in total. The number of nitrogens with two attached hydrogens (primary N) is 1. The molecule has 28 heavy (non-hydrogen) atoms. The van der Waals surface area contributed by atoms with Crippen LogP contribution < -0.4 is 5.73 Å². The molecule has 9 heteroatoms. The Kier molecular flexibility index (Phi) is 4.45. The number of aromatic nitrogens is 2. The van der Waals surface area contributed by atoms with Crippen LogP contribution in [-0.4, -0.2) is 26.0 Å². The summed E-state index contributed by atoms with van der Waals surface area (Å²) >= 11 is 4.13. The van der Waals surface area contributed by atoms with E-state index in [2.05, 4.69) is 9.97 Å². The first-order valence-electron chi connectivity index (χ1n) is 8.95. The highest BCUT2D eigenvalue weighted by atomic mass is 32.2. The molecule has 3 aromatic rings. The minimum absolute atomic E-state index is 0.0369. The summed E-state index contributed by atoms with van der Waals surface area (Å²) < 4.78 is 0. The van der Waals surface area contributed by atoms with E-state index >= 15 is 0 Å². The number of hydrogen-bond donors (Lipinski definition) is 1. The Morgan fingerprint density at radius 2 is 2.07 bits per heavy atom. The van der Waals surface area contributed by atoms with Crippen LogP contribution in [0.1, 0.15) is 34.0 Å². The van der Waals surface area contributed by atoms with Crippen molar-refractivity contribution < 1.29 is 9.59 Å². The lowest BCUT2D eigenvalue weighted by Gasteiger charge is -2.12. The molecule has 2 N–H and O–H groups in total. The van der Waals surface area contributed by atoms with Crippen LogP contribution in [0.3, 0.4) is 0 Å². The number of hydrogen-bond acceptors (Lipinski definition) is 8. The Morgan fingerprint density at radius 3 is 2.89 bits per heavy atom. The average Bonchev–Trinajstić information content (AvgIpc) is 3.37. The van der Waals surface area contributed by atoms with Gasteiger partial charge in [0, 0.05) is 9.75 Å². The molecule has 1 aliphatic carbocycles. The van der Waals surface area contributed by atoms with E-state index in [1.165, 1.54) is 33.1 Å². The van der Waals surface area contributed by atoms with Gasteiger partial charge in [-0.15, -0.1) is 22.7 Å².